The van der Waals surface area contributed by atoms with Crippen LogP contribution >= 0.6 is 0 Å². The van der Waals surface area contributed by atoms with Crippen LogP contribution in [-0.4, -0.2) is 167 Å². The Labute approximate surface area is 434 Å². The first-order chi connectivity index (χ1) is 34.7. The first-order valence-corrected chi connectivity index (χ1v) is 25.7. The van der Waals surface area contributed by atoms with E-state index in [0.717, 1.165) is 11.1 Å². The van der Waals surface area contributed by atoms with E-state index in [1.165, 1.54) is 28.1 Å². The van der Waals surface area contributed by atoms with E-state index < -0.39 is 114 Å². The zero-order chi connectivity index (χ0) is 54.8. The number of Topliss-reactive ketones (excluding diaryl/α,β-unsaturated/α-hetero) is 1. The Balaban J connectivity index is 1.26. The van der Waals surface area contributed by atoms with Crippen LogP contribution in [0.3, 0.4) is 0 Å². The summed E-state index contributed by atoms with van der Waals surface area (Å²) in [5.41, 5.74) is 3.60. The molecule has 0 spiro atoms. The molecule has 3 saturated heterocycles. The molecule has 74 heavy (non-hydrogen) atoms. The summed E-state index contributed by atoms with van der Waals surface area (Å²) in [4.78, 5) is 65.3. The average Bonchev–Trinajstić information content (AvgIpc) is 3.80. The molecular weight excluding hydrogens is 959 g/mol. The predicted molar refractivity (Wildman–Crippen MR) is 272 cm³/mol. The highest BCUT2D eigenvalue weighted by molar-refractivity contribution is 5.98. The molecule has 20 nitrogen and oxygen atoms in total. The number of aryl methyl sites for hydroxylation is 1. The summed E-state index contributed by atoms with van der Waals surface area (Å²) in [6, 6.07) is 12.5. The molecule has 0 aliphatic carbocycles. The Morgan fingerprint density at radius 1 is 0.878 bits per heavy atom. The number of aliphatic hydroxyl groups is 3. The number of nitrogens with zero attached hydrogens (tertiary/aromatic N) is 2. The second kappa shape index (κ2) is 23.7. The number of hydrogen-bond donors (Lipinski definition) is 6. The summed E-state index contributed by atoms with van der Waals surface area (Å²) < 4.78 is 50.9. The number of cyclic esters (lactones) is 1. The number of benzene rings is 2. The van der Waals surface area contributed by atoms with Crippen LogP contribution in [0.4, 0.5) is 4.79 Å². The molecule has 6 rings (SSSR count). The third-order valence-electron chi connectivity index (χ3n) is 15.8. The Bertz CT molecular complexity index is 2420. The second-order valence-electron chi connectivity index (χ2n) is 21.8. The molecule has 0 saturated carbocycles. The van der Waals surface area contributed by atoms with Gasteiger partial charge in [0.2, 0.25) is 0 Å². The minimum absolute atomic E-state index is 0.0423. The maximum Gasteiger partial charge on any atom is 0.426 e. The minimum atomic E-state index is -2.04. The van der Waals surface area contributed by atoms with Gasteiger partial charge in [0.1, 0.15) is 35.0 Å². The number of ether oxygens (including phenoxy) is 8. The molecule has 3 aliphatic heterocycles. The van der Waals surface area contributed by atoms with Crippen molar-refractivity contribution in [2.24, 2.45) is 23.7 Å². The van der Waals surface area contributed by atoms with Gasteiger partial charge in [0, 0.05) is 55.6 Å². The maximum absolute atomic E-state index is 14.6. The number of hydrazine groups is 1. The number of esters is 1. The lowest BCUT2D eigenvalue weighted by Crippen LogP contribution is -2.62. The third-order valence-corrected chi connectivity index (χ3v) is 15.8. The van der Waals surface area contributed by atoms with Crippen molar-refractivity contribution in [2.75, 3.05) is 28.3 Å². The fourth-order valence-corrected chi connectivity index (χ4v) is 11.1. The Hall–Kier alpha value is -4.61. The number of hydrogen-bond acceptors (Lipinski definition) is 17. The molecule has 2 aromatic carbocycles. The van der Waals surface area contributed by atoms with Crippen LogP contribution in [0.5, 0.6) is 0 Å². The van der Waals surface area contributed by atoms with Crippen LogP contribution in [0.1, 0.15) is 111 Å². The number of rotatable bonds is 11. The van der Waals surface area contributed by atoms with Crippen molar-refractivity contribution in [1.29, 1.82) is 0 Å². The largest absolute Gasteiger partial charge is 0.459 e. The number of fused-ring (bicyclic) bond motifs is 1. The smallest absolute Gasteiger partial charge is 0.426 e. The third kappa shape index (κ3) is 12.6. The molecule has 3 aliphatic rings. The molecule has 0 unspecified atom stereocenters. The van der Waals surface area contributed by atoms with E-state index in [9.17, 15) is 34.5 Å². The summed E-state index contributed by atoms with van der Waals surface area (Å²) in [5.74, 6) is -4.90. The number of carbonyl (C=O) groups excluding carboxylic acids is 4. The van der Waals surface area contributed by atoms with E-state index in [2.05, 4.69) is 20.8 Å². The summed E-state index contributed by atoms with van der Waals surface area (Å²) in [6.45, 7) is 18.8. The lowest BCUT2D eigenvalue weighted by atomic mass is 9.74. The Morgan fingerprint density at radius 2 is 1.53 bits per heavy atom. The predicted octanol–water partition coefficient (Wildman–Crippen LogP) is 5.37. The van der Waals surface area contributed by atoms with E-state index in [0.29, 0.717) is 23.3 Å². The number of ketones is 1. The number of methoxy groups -OCH3 is 2. The quantitative estimate of drug-likeness (QED) is 0.104. The number of H-pyrrole nitrogens is 1. The van der Waals surface area contributed by atoms with Crippen molar-refractivity contribution in [3.63, 3.8) is 0 Å². The SMILES string of the molecule is CC[C@H]1OC(=O)[C@H](C)[C@@H](O[C@H]2C[C@@](C)(OC)[C@@H](OC(=O)NNC(=O)c3ccc4nc(-c5ccc(C)cc5)[nH]c4c3)[C@H](C)O2)[C@H](C)[C@@H](O[C@@H]2O[C@H](C)C[C@H](N(C)C)[C@H]2O)[C@@](C)(OC)C[C@@H](C)C(=O)[C@H](C)[C@@H](O)[C@]1(C)O. The Morgan fingerprint density at radius 3 is 2.15 bits per heavy atom. The molecule has 0 bridgehead atoms. The van der Waals surface area contributed by atoms with E-state index in [1.807, 2.05) is 57.1 Å². The van der Waals surface area contributed by atoms with Gasteiger partial charge in [-0.05, 0) is 100 Å². The summed E-state index contributed by atoms with van der Waals surface area (Å²) in [7, 11) is 6.65. The number of aromatic nitrogens is 2. The molecule has 412 valence electrons. The standard InChI is InChI=1S/C54H81N5O15/c1-16-39-54(11,66)44(62)30(5)41(60)28(3)25-52(9,67-14)45(73-50-42(61)38(59(12)13)23-29(4)69-50)31(6)43(32(7)49(64)71-39)72-40-26-53(10,68-15)46(33(8)70-40)74-51(65)58-57-48(63)35-21-22-36-37(24-35)56-47(55-36)34-19-17-27(2)18-20-34/h17-22,24,28-33,38-40,42-46,50,61-62,66H,16,23,25-26H2,1-15H3,(H,55,56)(H,57,63)(H,58,65)/t28-,29-,30+,31+,32-,33+,38+,39-,40+,42-,43+,44-,45-,46+,50+,52+,53-,54-/m1/s1. The van der Waals surface area contributed by atoms with Crippen LogP contribution in [0.15, 0.2) is 42.5 Å². The fourth-order valence-electron chi connectivity index (χ4n) is 11.1. The Kier molecular flexibility index (Phi) is 18.8. The topological polar surface area (TPSA) is 259 Å². The lowest BCUT2D eigenvalue weighted by molar-refractivity contribution is -0.319. The van der Waals surface area contributed by atoms with Gasteiger partial charge < -0.3 is 63.1 Å². The van der Waals surface area contributed by atoms with Crippen LogP contribution in [0, 0.1) is 30.6 Å². The number of nitrogens with one attached hydrogen (secondary N) is 3. The lowest BCUT2D eigenvalue weighted by Gasteiger charge is -2.50. The van der Waals surface area contributed by atoms with Crippen molar-refractivity contribution in [1.82, 2.24) is 25.7 Å². The second-order valence-corrected chi connectivity index (χ2v) is 21.8. The highest BCUT2D eigenvalue weighted by Crippen LogP contribution is 2.42. The van der Waals surface area contributed by atoms with Crippen molar-refractivity contribution < 1.29 is 72.4 Å². The van der Waals surface area contributed by atoms with Crippen molar-refractivity contribution in [2.45, 2.75) is 186 Å². The summed E-state index contributed by atoms with van der Waals surface area (Å²) in [6.07, 6.45) is -11.1. The normalized spacial score (nSPS) is 37.7. The fraction of sp³-hybridized carbons (Fsp3) is 0.685. The molecular formula is C54H81N5O15. The first kappa shape index (κ1) is 58.6. The van der Waals surface area contributed by atoms with Gasteiger partial charge in [-0.1, -0.05) is 57.5 Å². The van der Waals surface area contributed by atoms with Crippen LogP contribution in [-0.2, 0) is 47.5 Å². The number of carbonyl (C=O) groups is 4. The molecule has 4 heterocycles. The molecule has 6 N–H and O–H groups in total. The molecule has 3 fully saturated rings. The molecule has 18 atom stereocenters. The van der Waals surface area contributed by atoms with Crippen LogP contribution < -0.4 is 10.9 Å². The van der Waals surface area contributed by atoms with E-state index in [-0.39, 0.29) is 42.8 Å². The molecule has 3 aromatic rings. The van der Waals surface area contributed by atoms with Gasteiger partial charge in [0.05, 0.1) is 53.1 Å². The molecule has 1 aromatic heterocycles. The summed E-state index contributed by atoms with van der Waals surface area (Å²) in [5, 5.41) is 35.2. The van der Waals surface area contributed by atoms with Crippen molar-refractivity contribution in [3.8, 4) is 11.4 Å². The van der Waals surface area contributed by atoms with Crippen LogP contribution in [0.2, 0.25) is 0 Å². The number of aliphatic hydroxyl groups excluding tert-OH is 2. The van der Waals surface area contributed by atoms with Gasteiger partial charge in [-0.2, -0.15) is 0 Å². The van der Waals surface area contributed by atoms with E-state index in [4.69, 9.17) is 37.9 Å². The van der Waals surface area contributed by atoms with E-state index >= 15 is 0 Å². The first-order valence-electron chi connectivity index (χ1n) is 25.7. The number of likely N-dealkylation sites (N-methyl/N-ethyl adjacent to an activating group) is 1. The highest BCUT2D eigenvalue weighted by Gasteiger charge is 2.55. The summed E-state index contributed by atoms with van der Waals surface area (Å²) >= 11 is 0. The van der Waals surface area contributed by atoms with E-state index in [1.54, 1.807) is 66.7 Å². The zero-order valence-corrected chi connectivity index (χ0v) is 45.7. The number of amides is 2. The van der Waals surface area contributed by atoms with Gasteiger partial charge in [0.15, 0.2) is 18.7 Å². The number of imidazole rings is 1. The molecule has 0 radical (unpaired) electrons. The van der Waals surface area contributed by atoms with Crippen molar-refractivity contribution >= 4 is 34.8 Å². The van der Waals surface area contributed by atoms with Crippen LogP contribution in [0.25, 0.3) is 22.4 Å². The van der Waals surface area contributed by atoms with Gasteiger partial charge in [0.25, 0.3) is 5.91 Å². The molecule has 2 amide bonds. The minimum Gasteiger partial charge on any atom is -0.459 e. The number of aromatic amines is 1. The van der Waals surface area contributed by atoms with Crippen molar-refractivity contribution in [3.05, 3.63) is 53.6 Å². The monoisotopic (exact) mass is 1040 g/mol. The molecule has 20 heteroatoms. The van der Waals surface area contributed by atoms with Gasteiger partial charge in [-0.15, -0.1) is 0 Å². The zero-order valence-electron chi connectivity index (χ0n) is 45.7. The van der Waals surface area contributed by atoms with Gasteiger partial charge in [-0.25, -0.2) is 15.2 Å². The highest BCUT2D eigenvalue weighted by atomic mass is 16.7. The maximum atomic E-state index is 14.6. The van der Waals surface area contributed by atoms with Gasteiger partial charge >= 0.3 is 12.1 Å². The van der Waals surface area contributed by atoms with Gasteiger partial charge in [-0.3, -0.25) is 19.8 Å². The average molecular weight is 1040 g/mol.